The predicted molar refractivity (Wildman–Crippen MR) is 473 cm³/mol. The molecule has 20 aromatic rings. The van der Waals surface area contributed by atoms with Gasteiger partial charge in [-0.05, 0) is 189 Å². The second-order valence-electron chi connectivity index (χ2n) is 32.0. The maximum atomic E-state index is 10.7. The van der Waals surface area contributed by atoms with Crippen molar-refractivity contribution in [3.05, 3.63) is 420 Å². The Balaban J connectivity index is 0.000000111. The summed E-state index contributed by atoms with van der Waals surface area (Å²) in [6.07, 6.45) is 1.78. The highest BCUT2D eigenvalue weighted by Gasteiger charge is 2.40. The van der Waals surface area contributed by atoms with Crippen molar-refractivity contribution in [2.75, 3.05) is 4.90 Å². The molecular formula is C107H84N4O. The molecule has 112 heavy (non-hydrogen) atoms. The summed E-state index contributed by atoms with van der Waals surface area (Å²) in [6.45, 7) is 13.3. The molecule has 538 valence electrons. The van der Waals surface area contributed by atoms with Crippen LogP contribution in [0.3, 0.4) is 0 Å². The summed E-state index contributed by atoms with van der Waals surface area (Å²) in [6, 6.07) is 134. The maximum Gasteiger partial charge on any atom is 0.0843 e. The first-order valence-electron chi connectivity index (χ1n) is 39.3. The van der Waals surface area contributed by atoms with Gasteiger partial charge in [-0.2, -0.15) is 0 Å². The van der Waals surface area contributed by atoms with E-state index >= 15 is 0 Å². The van der Waals surface area contributed by atoms with E-state index in [-0.39, 0.29) is 10.8 Å². The van der Waals surface area contributed by atoms with Crippen LogP contribution in [0.4, 0.5) is 17.1 Å². The van der Waals surface area contributed by atoms with Gasteiger partial charge in [-0.15, -0.1) is 0 Å². The SMILES string of the molecule is CC(C)(O)c1ccccc1Cc1ccc2c(c1)c1ccc3ccccc3c1n2-c1ccccc1.CC1(C)c2ccccc2Cc2ccc3c(c21)c1ccc2ccccc2c1n3-c1ccccc1.CC1(C)c2ccccc2N(c2ccc(-c3ccccc3)cc2)c2ccc3c(c21)c1ccc2ccccc2c1n3-c1ccccc1. The van der Waals surface area contributed by atoms with Crippen LogP contribution in [0.1, 0.15) is 91.6 Å². The molecule has 0 atom stereocenters. The Labute approximate surface area is 653 Å². The third-order valence-electron chi connectivity index (χ3n) is 24.1. The average molecular weight is 1440 g/mol. The van der Waals surface area contributed by atoms with E-state index in [4.69, 9.17) is 0 Å². The normalized spacial score (nSPS) is 13.4. The zero-order valence-corrected chi connectivity index (χ0v) is 63.9. The van der Waals surface area contributed by atoms with Crippen LogP contribution in [0.15, 0.2) is 370 Å². The molecule has 0 saturated carbocycles. The van der Waals surface area contributed by atoms with Gasteiger partial charge in [-0.3, -0.25) is 0 Å². The Morgan fingerprint density at radius 1 is 0.312 bits per heavy atom. The lowest BCUT2D eigenvalue weighted by atomic mass is 9.67. The molecule has 2 aliphatic rings. The standard InChI is InChI=1S/C43H32N2.C32H27NO.C32H25N/c1-43(2)36-19-11-12-20-37(36)44(33-24-21-30(22-25-33)29-13-5-3-6-14-29)39-28-27-38-40(41(39)43)35-26-23-31-15-9-10-18-34(31)42(35)45(38)32-16-7-4-8-17-32;1-32(2,34)29-15-9-7-11-24(29)20-22-16-19-30-28(21-22)27-18-17-23-10-6-8-14-26(23)31(27)33(30)25-12-4-3-5-13-25;1-32(2)27-15-9-7-11-22(27)20-23-17-19-28-29(30(23)32)26-18-16-21-10-6-8-14-25(21)31(26)33(28)24-12-4-3-5-13-24/h3-28H,1-2H3;3-19,21,34H,20H2,1-2H3;3-19H,20H2,1-2H3. The fourth-order valence-corrected chi connectivity index (χ4v) is 19.2. The Morgan fingerprint density at radius 2 is 0.750 bits per heavy atom. The largest absolute Gasteiger partial charge is 0.386 e. The second kappa shape index (κ2) is 26.8. The summed E-state index contributed by atoms with van der Waals surface area (Å²) in [5.41, 5.74) is 27.9. The lowest BCUT2D eigenvalue weighted by molar-refractivity contribution is 0.0777. The fraction of sp³-hybridized carbons (Fsp3) is 0.103. The van der Waals surface area contributed by atoms with E-state index in [1.807, 2.05) is 26.0 Å². The minimum absolute atomic E-state index is 0.0644. The van der Waals surface area contributed by atoms with Crippen molar-refractivity contribution in [1.29, 1.82) is 0 Å². The monoisotopic (exact) mass is 1440 g/mol. The highest BCUT2D eigenvalue weighted by molar-refractivity contribution is 6.23. The molecule has 3 aromatic heterocycles. The quantitative estimate of drug-likeness (QED) is 0.165. The fourth-order valence-electron chi connectivity index (χ4n) is 19.2. The molecule has 0 saturated heterocycles. The second-order valence-corrected chi connectivity index (χ2v) is 32.0. The Kier molecular flexibility index (Phi) is 16.3. The molecule has 0 amide bonds. The molecule has 1 aliphatic carbocycles. The van der Waals surface area contributed by atoms with Crippen molar-refractivity contribution in [2.45, 2.75) is 70.8 Å². The molecule has 1 aliphatic heterocycles. The average Bonchev–Trinajstić information content (AvgIpc) is 1.44. The molecule has 0 unspecified atom stereocenters. The Hall–Kier alpha value is -13.3. The van der Waals surface area contributed by atoms with Crippen LogP contribution >= 0.6 is 0 Å². The van der Waals surface area contributed by atoms with Crippen molar-refractivity contribution in [1.82, 2.24) is 13.7 Å². The van der Waals surface area contributed by atoms with Crippen LogP contribution in [0.25, 0.3) is 126 Å². The van der Waals surface area contributed by atoms with Gasteiger partial charge >= 0.3 is 0 Å². The van der Waals surface area contributed by atoms with E-state index < -0.39 is 5.60 Å². The molecule has 22 rings (SSSR count). The molecule has 4 heterocycles. The first kappa shape index (κ1) is 68.0. The molecule has 5 nitrogen and oxygen atoms in total. The van der Waals surface area contributed by atoms with E-state index in [9.17, 15) is 5.11 Å². The number of nitrogens with zero attached hydrogens (tertiary/aromatic N) is 4. The number of aromatic nitrogens is 3. The van der Waals surface area contributed by atoms with Gasteiger partial charge in [-0.1, -0.05) is 313 Å². The highest BCUT2D eigenvalue weighted by atomic mass is 16.3. The van der Waals surface area contributed by atoms with E-state index in [2.05, 4.69) is 404 Å². The van der Waals surface area contributed by atoms with E-state index in [1.165, 1.54) is 176 Å². The number of rotatable bonds is 8. The van der Waals surface area contributed by atoms with Gasteiger partial charge < -0.3 is 23.7 Å². The van der Waals surface area contributed by atoms with Gasteiger partial charge in [0.2, 0.25) is 0 Å². The van der Waals surface area contributed by atoms with Crippen molar-refractivity contribution in [3.63, 3.8) is 0 Å². The third kappa shape index (κ3) is 11.1. The summed E-state index contributed by atoms with van der Waals surface area (Å²) in [5, 5.41) is 26.2. The number of anilines is 3. The third-order valence-corrected chi connectivity index (χ3v) is 24.1. The van der Waals surface area contributed by atoms with Crippen LogP contribution in [0, 0.1) is 0 Å². The van der Waals surface area contributed by atoms with Crippen LogP contribution in [0.2, 0.25) is 0 Å². The van der Waals surface area contributed by atoms with Gasteiger partial charge in [-0.25, -0.2) is 0 Å². The molecule has 0 bridgehead atoms. The molecule has 17 aromatic carbocycles. The highest BCUT2D eigenvalue weighted by Crippen LogP contribution is 2.57. The number of aliphatic hydroxyl groups is 1. The van der Waals surface area contributed by atoms with Crippen LogP contribution in [0.5, 0.6) is 0 Å². The van der Waals surface area contributed by atoms with Gasteiger partial charge in [0.05, 0.1) is 50.1 Å². The molecule has 1 N–H and O–H groups in total. The lowest BCUT2D eigenvalue weighted by Crippen LogP contribution is -2.30. The van der Waals surface area contributed by atoms with Gasteiger partial charge in [0.1, 0.15) is 0 Å². The molecular weight excluding hydrogens is 1360 g/mol. The maximum absolute atomic E-state index is 10.7. The van der Waals surface area contributed by atoms with Crippen LogP contribution in [-0.4, -0.2) is 18.8 Å². The van der Waals surface area contributed by atoms with Crippen molar-refractivity contribution < 1.29 is 5.11 Å². The topological polar surface area (TPSA) is 38.3 Å². The van der Waals surface area contributed by atoms with Crippen LogP contribution < -0.4 is 4.90 Å². The molecule has 0 radical (unpaired) electrons. The van der Waals surface area contributed by atoms with E-state index in [0.29, 0.717) is 0 Å². The first-order chi connectivity index (χ1) is 54.8. The summed E-state index contributed by atoms with van der Waals surface area (Å²) >= 11 is 0. The van der Waals surface area contributed by atoms with Crippen molar-refractivity contribution >= 4 is 115 Å². The number of benzene rings is 17. The van der Waals surface area contributed by atoms with Crippen LogP contribution in [-0.2, 0) is 29.3 Å². The number of hydrogen-bond acceptors (Lipinski definition) is 2. The number of para-hydroxylation sites is 4. The molecule has 5 heteroatoms. The summed E-state index contributed by atoms with van der Waals surface area (Å²) in [7, 11) is 0. The van der Waals surface area contributed by atoms with Crippen molar-refractivity contribution in [3.8, 4) is 28.2 Å². The van der Waals surface area contributed by atoms with Gasteiger partial charge in [0, 0.05) is 82.1 Å². The first-order valence-corrected chi connectivity index (χ1v) is 39.3. The smallest absolute Gasteiger partial charge is 0.0843 e. The van der Waals surface area contributed by atoms with Crippen molar-refractivity contribution in [2.24, 2.45) is 0 Å². The van der Waals surface area contributed by atoms with Gasteiger partial charge in [0.25, 0.3) is 0 Å². The van der Waals surface area contributed by atoms with Gasteiger partial charge in [0.15, 0.2) is 0 Å². The zero-order chi connectivity index (χ0) is 75.6. The number of hydrogen-bond donors (Lipinski definition) is 1. The summed E-state index contributed by atoms with van der Waals surface area (Å²) in [5.74, 6) is 0. The Morgan fingerprint density at radius 3 is 1.33 bits per heavy atom. The Bertz CT molecular complexity index is 7080. The van der Waals surface area contributed by atoms with E-state index in [1.54, 1.807) is 0 Å². The molecule has 0 fully saturated rings. The molecule has 0 spiro atoms. The lowest BCUT2D eigenvalue weighted by Gasteiger charge is -2.42. The number of fused-ring (bicyclic) bond motifs is 21. The van der Waals surface area contributed by atoms with E-state index in [0.717, 1.165) is 29.7 Å². The minimum atomic E-state index is -0.872. The zero-order valence-electron chi connectivity index (χ0n) is 63.9. The summed E-state index contributed by atoms with van der Waals surface area (Å²) < 4.78 is 7.34. The predicted octanol–water partition coefficient (Wildman–Crippen LogP) is 27.6. The summed E-state index contributed by atoms with van der Waals surface area (Å²) in [4.78, 5) is 2.47. The minimum Gasteiger partial charge on any atom is -0.386 e.